The van der Waals surface area contributed by atoms with Gasteiger partial charge in [-0.1, -0.05) is 0 Å². The molecule has 1 rings (SSSR count). The fourth-order valence-corrected chi connectivity index (χ4v) is 2.06. The van der Waals surface area contributed by atoms with Gasteiger partial charge in [0.25, 0.3) is 0 Å². The van der Waals surface area contributed by atoms with E-state index in [1.165, 1.54) is 12.2 Å². The van der Waals surface area contributed by atoms with Crippen LogP contribution in [0.5, 0.6) is 5.75 Å². The lowest BCUT2D eigenvalue weighted by atomic mass is 10.3. The smallest absolute Gasteiger partial charge is 0.135 e. The third-order valence-electron chi connectivity index (χ3n) is 2.01. The van der Waals surface area contributed by atoms with Crippen molar-refractivity contribution in [3.05, 3.63) is 22.7 Å². The van der Waals surface area contributed by atoms with E-state index in [0.29, 0.717) is 0 Å². The van der Waals surface area contributed by atoms with Crippen LogP contribution in [0.25, 0.3) is 0 Å². The Morgan fingerprint density at radius 3 is 2.93 bits per heavy atom. The number of rotatable bonds is 6. The fraction of sp³-hybridized carbons (Fsp3) is 0.455. The van der Waals surface area contributed by atoms with Crippen molar-refractivity contribution in [2.45, 2.75) is 6.42 Å². The maximum atomic E-state index is 5.22. The van der Waals surface area contributed by atoms with Crippen LogP contribution in [0.15, 0.2) is 22.7 Å². The Balaban J connectivity index is 2.47. The van der Waals surface area contributed by atoms with Gasteiger partial charge in [0, 0.05) is 18.3 Å². The summed E-state index contributed by atoms with van der Waals surface area (Å²) in [5.74, 6) is 2.06. The zero-order valence-electron chi connectivity index (χ0n) is 9.05. The lowest BCUT2D eigenvalue weighted by molar-refractivity contribution is 0.412. The molecule has 1 N–H and O–H groups in total. The Kier molecular flexibility index (Phi) is 5.95. The second-order valence-electron chi connectivity index (χ2n) is 3.12. The molecule has 0 atom stereocenters. The van der Waals surface area contributed by atoms with E-state index in [9.17, 15) is 0 Å². The standard InChI is InChI=1S/C11H16BrNOS/c1-14-11-8-9(4-5-10(11)12)13-6-3-7-15-2/h4-5,8,13H,3,6-7H2,1-2H3. The van der Waals surface area contributed by atoms with E-state index < -0.39 is 0 Å². The molecule has 0 radical (unpaired) electrons. The first-order valence-corrected chi connectivity index (χ1v) is 7.03. The molecule has 1 aromatic rings. The summed E-state index contributed by atoms with van der Waals surface area (Å²) in [5.41, 5.74) is 1.11. The Hall–Kier alpha value is -0.350. The molecule has 0 heterocycles. The summed E-state index contributed by atoms with van der Waals surface area (Å²) in [6.07, 6.45) is 3.31. The number of methoxy groups -OCH3 is 1. The molecule has 0 unspecified atom stereocenters. The Labute approximate surface area is 104 Å². The molecule has 4 heteroatoms. The number of anilines is 1. The van der Waals surface area contributed by atoms with Crippen molar-refractivity contribution in [3.8, 4) is 5.75 Å². The molecular formula is C11H16BrNOS. The van der Waals surface area contributed by atoms with Gasteiger partial charge in [-0.3, -0.25) is 0 Å². The highest BCUT2D eigenvalue weighted by atomic mass is 79.9. The molecule has 0 aliphatic rings. The number of nitrogens with one attached hydrogen (secondary N) is 1. The van der Waals surface area contributed by atoms with E-state index in [4.69, 9.17) is 4.74 Å². The SMILES string of the molecule is COc1cc(NCCCSC)ccc1Br. The number of hydrogen-bond donors (Lipinski definition) is 1. The number of thioether (sulfide) groups is 1. The molecule has 2 nitrogen and oxygen atoms in total. The van der Waals surface area contributed by atoms with Crippen LogP contribution in [0.2, 0.25) is 0 Å². The second kappa shape index (κ2) is 7.01. The fourth-order valence-electron chi connectivity index (χ4n) is 1.22. The van der Waals surface area contributed by atoms with Gasteiger partial charge in [0.1, 0.15) is 5.75 Å². The lowest BCUT2D eigenvalue weighted by Gasteiger charge is -2.08. The molecule has 0 aliphatic carbocycles. The summed E-state index contributed by atoms with van der Waals surface area (Å²) in [6.45, 7) is 1.01. The number of benzene rings is 1. The molecule has 0 spiro atoms. The molecule has 0 aromatic heterocycles. The van der Waals surface area contributed by atoms with Crippen molar-refractivity contribution in [1.82, 2.24) is 0 Å². The van der Waals surface area contributed by atoms with Gasteiger partial charge < -0.3 is 10.1 Å². The molecular weight excluding hydrogens is 274 g/mol. The Morgan fingerprint density at radius 2 is 2.27 bits per heavy atom. The van der Waals surface area contributed by atoms with Crippen LogP contribution in [0.4, 0.5) is 5.69 Å². The number of ether oxygens (including phenoxy) is 1. The molecule has 84 valence electrons. The minimum absolute atomic E-state index is 0.866. The highest BCUT2D eigenvalue weighted by Crippen LogP contribution is 2.27. The van der Waals surface area contributed by atoms with E-state index in [0.717, 1.165) is 22.5 Å². The molecule has 0 bridgehead atoms. The normalized spacial score (nSPS) is 10.1. The quantitative estimate of drug-likeness (QED) is 0.808. The van der Waals surface area contributed by atoms with Gasteiger partial charge in [0.2, 0.25) is 0 Å². The van der Waals surface area contributed by atoms with Gasteiger partial charge in [-0.25, -0.2) is 0 Å². The summed E-state index contributed by atoms with van der Waals surface area (Å²) < 4.78 is 6.21. The van der Waals surface area contributed by atoms with Crippen molar-refractivity contribution < 1.29 is 4.74 Å². The highest BCUT2D eigenvalue weighted by Gasteiger charge is 2.00. The predicted molar refractivity (Wildman–Crippen MR) is 72.2 cm³/mol. The van der Waals surface area contributed by atoms with Crippen LogP contribution < -0.4 is 10.1 Å². The minimum Gasteiger partial charge on any atom is -0.495 e. The van der Waals surface area contributed by atoms with Crippen LogP contribution in [0.3, 0.4) is 0 Å². The van der Waals surface area contributed by atoms with Crippen molar-refractivity contribution in [2.75, 3.05) is 31.0 Å². The van der Waals surface area contributed by atoms with Crippen molar-refractivity contribution in [1.29, 1.82) is 0 Å². The van der Waals surface area contributed by atoms with Gasteiger partial charge in [-0.05, 0) is 46.5 Å². The Morgan fingerprint density at radius 1 is 1.47 bits per heavy atom. The molecule has 0 saturated carbocycles. The van der Waals surface area contributed by atoms with Crippen molar-refractivity contribution in [3.63, 3.8) is 0 Å². The van der Waals surface area contributed by atoms with Crippen LogP contribution in [-0.4, -0.2) is 25.7 Å². The van der Waals surface area contributed by atoms with E-state index in [1.54, 1.807) is 7.11 Å². The average molecular weight is 290 g/mol. The van der Waals surface area contributed by atoms with Crippen molar-refractivity contribution in [2.24, 2.45) is 0 Å². The average Bonchev–Trinajstić information content (AvgIpc) is 2.26. The maximum absolute atomic E-state index is 5.22. The second-order valence-corrected chi connectivity index (χ2v) is 4.96. The minimum atomic E-state index is 0.866. The van der Waals surface area contributed by atoms with E-state index in [2.05, 4.69) is 27.5 Å². The molecule has 0 aliphatic heterocycles. The summed E-state index contributed by atoms with van der Waals surface area (Å²) in [4.78, 5) is 0. The van der Waals surface area contributed by atoms with Gasteiger partial charge in [-0.15, -0.1) is 0 Å². The van der Waals surface area contributed by atoms with Crippen LogP contribution in [0.1, 0.15) is 6.42 Å². The van der Waals surface area contributed by atoms with E-state index in [1.807, 2.05) is 30.0 Å². The number of hydrogen-bond acceptors (Lipinski definition) is 3. The summed E-state index contributed by atoms with van der Waals surface area (Å²) in [6, 6.07) is 6.05. The molecule has 0 fully saturated rings. The largest absolute Gasteiger partial charge is 0.495 e. The Bertz CT molecular complexity index is 307. The predicted octanol–water partition coefficient (Wildman–Crippen LogP) is 3.62. The van der Waals surface area contributed by atoms with Gasteiger partial charge in [0.05, 0.1) is 11.6 Å². The first kappa shape index (κ1) is 12.7. The van der Waals surface area contributed by atoms with Crippen LogP contribution in [0, 0.1) is 0 Å². The summed E-state index contributed by atoms with van der Waals surface area (Å²) in [5, 5.41) is 3.37. The first-order chi connectivity index (χ1) is 7.27. The van der Waals surface area contributed by atoms with Gasteiger partial charge in [-0.2, -0.15) is 11.8 Å². The third kappa shape index (κ3) is 4.34. The van der Waals surface area contributed by atoms with Crippen LogP contribution >= 0.6 is 27.7 Å². The third-order valence-corrected chi connectivity index (χ3v) is 3.36. The molecule has 0 saturated heterocycles. The number of halogens is 1. The summed E-state index contributed by atoms with van der Waals surface area (Å²) in [7, 11) is 1.68. The van der Waals surface area contributed by atoms with Gasteiger partial charge in [0.15, 0.2) is 0 Å². The van der Waals surface area contributed by atoms with E-state index in [-0.39, 0.29) is 0 Å². The van der Waals surface area contributed by atoms with Crippen LogP contribution in [-0.2, 0) is 0 Å². The molecule has 1 aromatic carbocycles. The molecule has 15 heavy (non-hydrogen) atoms. The highest BCUT2D eigenvalue weighted by molar-refractivity contribution is 9.10. The monoisotopic (exact) mass is 289 g/mol. The zero-order valence-corrected chi connectivity index (χ0v) is 11.5. The van der Waals surface area contributed by atoms with Crippen molar-refractivity contribution >= 4 is 33.4 Å². The summed E-state index contributed by atoms with van der Waals surface area (Å²) >= 11 is 5.30. The maximum Gasteiger partial charge on any atom is 0.135 e. The topological polar surface area (TPSA) is 21.3 Å². The zero-order chi connectivity index (χ0) is 11.1. The lowest BCUT2D eigenvalue weighted by Crippen LogP contribution is -2.02. The first-order valence-electron chi connectivity index (χ1n) is 4.84. The molecule has 0 amide bonds. The van der Waals surface area contributed by atoms with Gasteiger partial charge >= 0.3 is 0 Å². The van der Waals surface area contributed by atoms with E-state index >= 15 is 0 Å².